The van der Waals surface area contributed by atoms with Crippen molar-refractivity contribution in [2.45, 2.75) is 43.5 Å². The summed E-state index contributed by atoms with van der Waals surface area (Å²) in [6, 6.07) is 8.13. The largest absolute Gasteiger partial charge is 0.487 e. The first-order valence-corrected chi connectivity index (χ1v) is 9.06. The highest BCUT2D eigenvalue weighted by Gasteiger charge is 2.44. The Labute approximate surface area is 130 Å². The van der Waals surface area contributed by atoms with Gasteiger partial charge in [0.2, 0.25) is 0 Å². The molecule has 3 aliphatic rings. The van der Waals surface area contributed by atoms with Gasteiger partial charge in [-0.3, -0.25) is 0 Å². The number of rotatable bonds is 2. The Hall–Kier alpha value is -0.710. The molecular weight excluding hydrogens is 284 g/mol. The van der Waals surface area contributed by atoms with Crippen LogP contribution in [0.15, 0.2) is 24.3 Å². The lowest BCUT2D eigenvalue weighted by atomic mass is 9.80. The lowest BCUT2D eigenvalue weighted by molar-refractivity contribution is -0.114. The first-order chi connectivity index (χ1) is 10.3. The topological polar surface area (TPSA) is 38.7 Å². The minimum absolute atomic E-state index is 0.0278. The third kappa shape index (κ3) is 2.58. The van der Waals surface area contributed by atoms with Crippen LogP contribution < -0.4 is 4.74 Å². The summed E-state index contributed by atoms with van der Waals surface area (Å²) in [7, 11) is 0. The molecule has 2 fully saturated rings. The smallest absolute Gasteiger partial charge is 0.129 e. The van der Waals surface area contributed by atoms with E-state index in [0.717, 1.165) is 43.8 Å². The van der Waals surface area contributed by atoms with Crippen LogP contribution in [0.3, 0.4) is 0 Å². The fraction of sp³-hybridized carbons (Fsp3) is 0.647. The number of benzene rings is 1. The van der Waals surface area contributed by atoms with Gasteiger partial charge in [-0.05, 0) is 42.6 Å². The van der Waals surface area contributed by atoms with E-state index in [0.29, 0.717) is 5.92 Å². The first-order valence-electron chi connectivity index (χ1n) is 7.90. The van der Waals surface area contributed by atoms with Crippen molar-refractivity contribution in [3.8, 4) is 5.75 Å². The molecule has 3 heterocycles. The molecule has 114 valence electrons. The highest BCUT2D eigenvalue weighted by atomic mass is 32.2. The number of aliphatic hydroxyl groups excluding tert-OH is 1. The third-order valence-corrected chi connectivity index (χ3v) is 6.36. The van der Waals surface area contributed by atoms with Gasteiger partial charge in [-0.15, -0.1) is 0 Å². The quantitative estimate of drug-likeness (QED) is 0.912. The molecule has 1 spiro atoms. The Morgan fingerprint density at radius 1 is 1.33 bits per heavy atom. The van der Waals surface area contributed by atoms with Crippen LogP contribution in [0, 0.1) is 5.92 Å². The zero-order valence-corrected chi connectivity index (χ0v) is 13.0. The van der Waals surface area contributed by atoms with Gasteiger partial charge < -0.3 is 14.6 Å². The summed E-state index contributed by atoms with van der Waals surface area (Å²) >= 11 is 1.98. The minimum Gasteiger partial charge on any atom is -0.487 e. The highest BCUT2D eigenvalue weighted by molar-refractivity contribution is 7.99. The standard InChI is InChI=1S/C17H22O3S/c18-16(15-9-12-3-1-2-4-14(12)20-15)13-5-7-19-17(10-13)6-8-21-11-17/h1-4,13,15-16,18H,5-11H2. The Morgan fingerprint density at radius 2 is 2.24 bits per heavy atom. The maximum atomic E-state index is 10.8. The van der Waals surface area contributed by atoms with Gasteiger partial charge in [0.25, 0.3) is 0 Å². The summed E-state index contributed by atoms with van der Waals surface area (Å²) in [5.41, 5.74) is 1.25. The Bertz CT molecular complexity index is 488. The van der Waals surface area contributed by atoms with Crippen LogP contribution in [0.1, 0.15) is 24.8 Å². The molecule has 4 heteroatoms. The maximum Gasteiger partial charge on any atom is 0.129 e. The van der Waals surface area contributed by atoms with Crippen LogP contribution in [-0.2, 0) is 11.2 Å². The van der Waals surface area contributed by atoms with Crippen molar-refractivity contribution in [2.24, 2.45) is 5.92 Å². The molecule has 4 unspecified atom stereocenters. The fourth-order valence-electron chi connectivity index (χ4n) is 3.92. The van der Waals surface area contributed by atoms with E-state index >= 15 is 0 Å². The van der Waals surface area contributed by atoms with Gasteiger partial charge in [0.05, 0.1) is 11.7 Å². The van der Waals surface area contributed by atoms with Gasteiger partial charge in [-0.2, -0.15) is 11.8 Å². The molecule has 21 heavy (non-hydrogen) atoms. The van der Waals surface area contributed by atoms with E-state index in [2.05, 4.69) is 6.07 Å². The number of para-hydroxylation sites is 1. The molecule has 0 amide bonds. The van der Waals surface area contributed by atoms with E-state index < -0.39 is 0 Å². The molecule has 3 aliphatic heterocycles. The average Bonchev–Trinajstić information content (AvgIpc) is 3.13. The van der Waals surface area contributed by atoms with Gasteiger partial charge in [0, 0.05) is 18.8 Å². The molecule has 3 nitrogen and oxygen atoms in total. The third-order valence-electron chi connectivity index (χ3n) is 5.13. The number of thioether (sulfide) groups is 1. The highest BCUT2D eigenvalue weighted by Crippen LogP contribution is 2.42. The van der Waals surface area contributed by atoms with Crippen LogP contribution in [0.5, 0.6) is 5.75 Å². The van der Waals surface area contributed by atoms with Crippen molar-refractivity contribution in [2.75, 3.05) is 18.1 Å². The lowest BCUT2D eigenvalue weighted by Gasteiger charge is -2.40. The van der Waals surface area contributed by atoms with Crippen LogP contribution in [0.4, 0.5) is 0 Å². The van der Waals surface area contributed by atoms with Crippen molar-refractivity contribution >= 4 is 11.8 Å². The predicted molar refractivity (Wildman–Crippen MR) is 83.9 cm³/mol. The Balaban J connectivity index is 1.45. The summed E-state index contributed by atoms with van der Waals surface area (Å²) < 4.78 is 12.0. The lowest BCUT2D eigenvalue weighted by Crippen LogP contribution is -2.47. The second-order valence-electron chi connectivity index (χ2n) is 6.55. The molecule has 0 radical (unpaired) electrons. The van der Waals surface area contributed by atoms with Crippen LogP contribution in [-0.4, -0.2) is 41.0 Å². The van der Waals surface area contributed by atoms with Gasteiger partial charge >= 0.3 is 0 Å². The average molecular weight is 306 g/mol. The summed E-state index contributed by atoms with van der Waals surface area (Å²) in [6.45, 7) is 0.780. The molecule has 1 N–H and O–H groups in total. The van der Waals surface area contributed by atoms with Crippen LogP contribution in [0.25, 0.3) is 0 Å². The summed E-state index contributed by atoms with van der Waals surface area (Å²) in [5, 5.41) is 10.8. The maximum absolute atomic E-state index is 10.8. The SMILES string of the molecule is OC(C1CCOC2(CCSC2)C1)C1Cc2ccccc2O1. The minimum atomic E-state index is -0.385. The van der Waals surface area contributed by atoms with E-state index in [9.17, 15) is 5.11 Å². The van der Waals surface area contributed by atoms with E-state index in [1.165, 1.54) is 11.3 Å². The number of hydrogen-bond acceptors (Lipinski definition) is 4. The van der Waals surface area contributed by atoms with Crippen molar-refractivity contribution in [3.63, 3.8) is 0 Å². The van der Waals surface area contributed by atoms with E-state index in [1.54, 1.807) is 0 Å². The van der Waals surface area contributed by atoms with Gasteiger partial charge in [-0.25, -0.2) is 0 Å². The molecule has 0 saturated carbocycles. The summed E-state index contributed by atoms with van der Waals surface area (Å²) in [6.07, 6.45) is 3.42. The van der Waals surface area contributed by atoms with E-state index in [-0.39, 0.29) is 17.8 Å². The van der Waals surface area contributed by atoms with Crippen molar-refractivity contribution < 1.29 is 14.6 Å². The van der Waals surface area contributed by atoms with Crippen molar-refractivity contribution in [1.82, 2.24) is 0 Å². The Morgan fingerprint density at radius 3 is 3.05 bits per heavy atom. The number of hydrogen-bond donors (Lipinski definition) is 1. The molecule has 0 aliphatic carbocycles. The van der Waals surface area contributed by atoms with E-state index in [1.807, 2.05) is 30.0 Å². The molecular formula is C17H22O3S. The second-order valence-corrected chi connectivity index (χ2v) is 7.65. The number of ether oxygens (including phenoxy) is 2. The van der Waals surface area contributed by atoms with Crippen LogP contribution in [0.2, 0.25) is 0 Å². The predicted octanol–water partition coefficient (Wildman–Crippen LogP) is 2.65. The summed E-state index contributed by atoms with van der Waals surface area (Å²) in [5.74, 6) is 3.52. The van der Waals surface area contributed by atoms with E-state index in [4.69, 9.17) is 9.47 Å². The van der Waals surface area contributed by atoms with Crippen LogP contribution >= 0.6 is 11.8 Å². The zero-order chi connectivity index (χ0) is 14.3. The molecule has 2 saturated heterocycles. The zero-order valence-electron chi connectivity index (χ0n) is 12.2. The number of fused-ring (bicyclic) bond motifs is 1. The van der Waals surface area contributed by atoms with Gasteiger partial charge in [0.1, 0.15) is 11.9 Å². The fourth-order valence-corrected chi connectivity index (χ4v) is 5.30. The monoisotopic (exact) mass is 306 g/mol. The molecule has 4 rings (SSSR count). The van der Waals surface area contributed by atoms with Gasteiger partial charge in [0.15, 0.2) is 0 Å². The molecule has 0 aromatic heterocycles. The Kier molecular flexibility index (Phi) is 3.64. The molecule has 1 aromatic rings. The second kappa shape index (κ2) is 5.49. The summed E-state index contributed by atoms with van der Waals surface area (Å²) in [4.78, 5) is 0. The number of aliphatic hydroxyl groups is 1. The first kappa shape index (κ1) is 13.9. The normalized spacial score (nSPS) is 36.4. The molecule has 1 aromatic carbocycles. The van der Waals surface area contributed by atoms with Gasteiger partial charge in [-0.1, -0.05) is 18.2 Å². The van der Waals surface area contributed by atoms with Crippen molar-refractivity contribution in [1.29, 1.82) is 0 Å². The molecule has 0 bridgehead atoms. The van der Waals surface area contributed by atoms with Crippen molar-refractivity contribution in [3.05, 3.63) is 29.8 Å². The molecule has 4 atom stereocenters.